The zero-order chi connectivity index (χ0) is 29.1. The number of hydrogen-bond donors (Lipinski definition) is 3. The van der Waals surface area contributed by atoms with Crippen LogP contribution in [0.15, 0.2) is 42.5 Å². The van der Waals surface area contributed by atoms with Crippen molar-refractivity contribution in [3.63, 3.8) is 0 Å². The van der Waals surface area contributed by atoms with Crippen LogP contribution in [0.2, 0.25) is 0 Å². The molecule has 220 valence electrons. The second kappa shape index (κ2) is 12.6. The highest BCUT2D eigenvalue weighted by Gasteiger charge is 2.38. The van der Waals surface area contributed by atoms with Gasteiger partial charge >= 0.3 is 0 Å². The number of rotatable bonds is 11. The van der Waals surface area contributed by atoms with E-state index in [1.54, 1.807) is 31.4 Å². The normalized spacial score (nSPS) is 19.9. The molecule has 3 aromatic rings. The van der Waals surface area contributed by atoms with Crippen molar-refractivity contribution < 1.29 is 29.5 Å². The lowest BCUT2D eigenvalue weighted by molar-refractivity contribution is 0.0201. The van der Waals surface area contributed by atoms with Crippen molar-refractivity contribution in [1.82, 2.24) is 0 Å². The Morgan fingerprint density at radius 2 is 1.71 bits per heavy atom. The number of benzene rings is 3. The van der Waals surface area contributed by atoms with E-state index in [0.717, 1.165) is 58.6 Å². The molecule has 0 aromatic heterocycles. The minimum Gasteiger partial charge on any atom is -0.508 e. The van der Waals surface area contributed by atoms with Gasteiger partial charge in [-0.1, -0.05) is 64.5 Å². The molecule has 2 aliphatic rings. The topological polar surface area (TPSA) is 88.4 Å². The van der Waals surface area contributed by atoms with Gasteiger partial charge in [-0.15, -0.1) is 0 Å². The zero-order valence-corrected chi connectivity index (χ0v) is 24.8. The third-order valence-corrected chi connectivity index (χ3v) is 8.95. The lowest BCUT2D eigenvalue weighted by Crippen LogP contribution is -2.32. The van der Waals surface area contributed by atoms with Gasteiger partial charge in [0.15, 0.2) is 11.5 Å². The Balaban J connectivity index is 1.51. The SMILES string of the molecule is CCCCCC(C)CCCC1Cc2cc(O)ccc2-c2c(OC)cc3c(c21)CC(O)C(c1ccc(O)c(OC)c1)O3. The Morgan fingerprint density at radius 1 is 0.927 bits per heavy atom. The average Bonchev–Trinajstić information content (AvgIpc) is 2.96. The standard InChI is InChI=1S/C35H44O6/c1-5-6-7-9-21(2)10-8-11-22-16-24-17-25(36)13-14-26(24)34-32(40-4)20-30-27(33(22)34)19-29(38)35(41-30)23-12-15-28(37)31(18-23)39-3/h12-15,17-18,20-22,29,35-38H,5-11,16,19H2,1-4H3. The van der Waals surface area contributed by atoms with Crippen molar-refractivity contribution in [3.05, 3.63) is 64.7 Å². The maximum absolute atomic E-state index is 11.4. The van der Waals surface area contributed by atoms with Gasteiger partial charge in [-0.2, -0.15) is 0 Å². The molecule has 4 unspecified atom stereocenters. The molecule has 0 fully saturated rings. The fraction of sp³-hybridized carbons (Fsp3) is 0.486. The van der Waals surface area contributed by atoms with Crippen LogP contribution in [0, 0.1) is 5.92 Å². The number of aliphatic hydroxyl groups is 1. The van der Waals surface area contributed by atoms with Crippen LogP contribution in [0.4, 0.5) is 0 Å². The highest BCUT2D eigenvalue weighted by atomic mass is 16.5. The zero-order valence-electron chi connectivity index (χ0n) is 24.8. The number of fused-ring (bicyclic) bond motifs is 5. The minimum atomic E-state index is -0.769. The summed E-state index contributed by atoms with van der Waals surface area (Å²) in [6.07, 6.45) is 8.37. The Morgan fingerprint density at radius 3 is 2.46 bits per heavy atom. The fourth-order valence-electron chi connectivity index (χ4n) is 6.80. The molecule has 4 atom stereocenters. The van der Waals surface area contributed by atoms with Crippen LogP contribution in [-0.2, 0) is 12.8 Å². The largest absolute Gasteiger partial charge is 0.508 e. The maximum Gasteiger partial charge on any atom is 0.160 e. The van der Waals surface area contributed by atoms with E-state index < -0.39 is 12.2 Å². The van der Waals surface area contributed by atoms with Crippen LogP contribution in [-0.4, -0.2) is 35.6 Å². The molecule has 6 heteroatoms. The number of unbranched alkanes of at least 4 members (excludes halogenated alkanes) is 2. The molecule has 5 rings (SSSR count). The third-order valence-electron chi connectivity index (χ3n) is 8.95. The van der Waals surface area contributed by atoms with Crippen molar-refractivity contribution in [2.45, 2.75) is 89.8 Å². The number of phenols is 2. The molecule has 1 aliphatic carbocycles. The van der Waals surface area contributed by atoms with E-state index in [0.29, 0.717) is 18.1 Å². The van der Waals surface area contributed by atoms with E-state index in [2.05, 4.69) is 13.8 Å². The molecule has 1 heterocycles. The number of methoxy groups -OCH3 is 2. The third kappa shape index (κ3) is 5.99. The van der Waals surface area contributed by atoms with Crippen LogP contribution in [0.3, 0.4) is 0 Å². The van der Waals surface area contributed by atoms with Crippen LogP contribution in [0.1, 0.15) is 93.1 Å². The predicted molar refractivity (Wildman–Crippen MR) is 161 cm³/mol. The van der Waals surface area contributed by atoms with Gasteiger partial charge in [0.2, 0.25) is 0 Å². The quantitative estimate of drug-likeness (QED) is 0.207. The predicted octanol–water partition coefficient (Wildman–Crippen LogP) is 7.85. The molecule has 1 aliphatic heterocycles. The van der Waals surface area contributed by atoms with Gasteiger partial charge in [-0.05, 0) is 71.2 Å². The van der Waals surface area contributed by atoms with Crippen molar-refractivity contribution >= 4 is 0 Å². The number of phenolic OH excluding ortho intramolecular Hbond substituents is 2. The summed E-state index contributed by atoms with van der Waals surface area (Å²) in [5.41, 5.74) is 6.23. The highest BCUT2D eigenvalue weighted by molar-refractivity contribution is 5.83. The van der Waals surface area contributed by atoms with Gasteiger partial charge in [0.1, 0.15) is 23.4 Å². The first kappa shape index (κ1) is 29.1. The lowest BCUT2D eigenvalue weighted by atomic mass is 9.72. The van der Waals surface area contributed by atoms with Crippen LogP contribution in [0.25, 0.3) is 11.1 Å². The van der Waals surface area contributed by atoms with Crippen molar-refractivity contribution in [1.29, 1.82) is 0 Å². The molecule has 3 aromatic carbocycles. The summed E-state index contributed by atoms with van der Waals surface area (Å²) in [5, 5.41) is 31.8. The molecule has 3 N–H and O–H groups in total. The van der Waals surface area contributed by atoms with Gasteiger partial charge < -0.3 is 29.5 Å². The molecular formula is C35H44O6. The summed E-state index contributed by atoms with van der Waals surface area (Å²) in [6, 6.07) is 12.6. The summed E-state index contributed by atoms with van der Waals surface area (Å²) in [7, 11) is 3.19. The number of aromatic hydroxyl groups is 2. The molecule has 41 heavy (non-hydrogen) atoms. The molecule has 6 nitrogen and oxygen atoms in total. The van der Waals surface area contributed by atoms with E-state index in [-0.39, 0.29) is 17.4 Å². The molecule has 0 spiro atoms. The second-order valence-corrected chi connectivity index (χ2v) is 11.9. The Bertz CT molecular complexity index is 1370. The van der Waals surface area contributed by atoms with Crippen LogP contribution < -0.4 is 14.2 Å². The summed E-state index contributed by atoms with van der Waals surface area (Å²) in [5.74, 6) is 3.06. The van der Waals surface area contributed by atoms with E-state index in [1.165, 1.54) is 44.8 Å². The fourth-order valence-corrected chi connectivity index (χ4v) is 6.80. The Hall–Kier alpha value is -3.38. The first-order chi connectivity index (χ1) is 19.8. The second-order valence-electron chi connectivity index (χ2n) is 11.9. The number of hydrogen-bond acceptors (Lipinski definition) is 6. The monoisotopic (exact) mass is 560 g/mol. The molecule has 0 saturated heterocycles. The first-order valence-electron chi connectivity index (χ1n) is 15.1. The maximum atomic E-state index is 11.4. The molecule has 0 saturated carbocycles. The van der Waals surface area contributed by atoms with E-state index in [1.807, 2.05) is 18.2 Å². The summed E-state index contributed by atoms with van der Waals surface area (Å²) in [4.78, 5) is 0. The Labute approximate surface area is 243 Å². The van der Waals surface area contributed by atoms with E-state index in [9.17, 15) is 15.3 Å². The number of aliphatic hydroxyl groups excluding tert-OH is 1. The molecule has 0 bridgehead atoms. The number of ether oxygens (including phenoxy) is 3. The van der Waals surface area contributed by atoms with E-state index >= 15 is 0 Å². The highest BCUT2D eigenvalue weighted by Crippen LogP contribution is 2.53. The smallest absolute Gasteiger partial charge is 0.160 e. The Kier molecular flexibility index (Phi) is 8.98. The molecular weight excluding hydrogens is 516 g/mol. The van der Waals surface area contributed by atoms with Crippen molar-refractivity contribution in [2.24, 2.45) is 5.92 Å². The lowest BCUT2D eigenvalue weighted by Gasteiger charge is -2.37. The van der Waals surface area contributed by atoms with Gasteiger partial charge in [0.25, 0.3) is 0 Å². The van der Waals surface area contributed by atoms with Crippen molar-refractivity contribution in [2.75, 3.05) is 14.2 Å². The molecule has 0 amide bonds. The minimum absolute atomic E-state index is 0.0462. The summed E-state index contributed by atoms with van der Waals surface area (Å²) >= 11 is 0. The van der Waals surface area contributed by atoms with Gasteiger partial charge in [-0.3, -0.25) is 0 Å². The van der Waals surface area contributed by atoms with Crippen LogP contribution >= 0.6 is 0 Å². The van der Waals surface area contributed by atoms with Gasteiger partial charge in [0, 0.05) is 23.6 Å². The van der Waals surface area contributed by atoms with E-state index in [4.69, 9.17) is 14.2 Å². The molecule has 0 radical (unpaired) electrons. The van der Waals surface area contributed by atoms with Gasteiger partial charge in [0.05, 0.1) is 20.3 Å². The summed E-state index contributed by atoms with van der Waals surface area (Å²) in [6.45, 7) is 4.62. The van der Waals surface area contributed by atoms with Crippen molar-refractivity contribution in [3.8, 4) is 39.9 Å². The van der Waals surface area contributed by atoms with Gasteiger partial charge in [-0.25, -0.2) is 0 Å². The van der Waals surface area contributed by atoms with Crippen LogP contribution in [0.5, 0.6) is 28.7 Å². The average molecular weight is 561 g/mol. The summed E-state index contributed by atoms with van der Waals surface area (Å²) < 4.78 is 17.8. The first-order valence-corrected chi connectivity index (χ1v) is 15.1.